The van der Waals surface area contributed by atoms with E-state index < -0.39 is 11.9 Å². The number of carbonyl (C=O) groups excluding carboxylic acids is 2. The van der Waals surface area contributed by atoms with Crippen molar-refractivity contribution in [2.24, 2.45) is 4.99 Å². The molecule has 0 aliphatic rings. The van der Waals surface area contributed by atoms with E-state index in [1.807, 2.05) is 25.1 Å². The molecule has 0 N–H and O–H groups in total. The van der Waals surface area contributed by atoms with Gasteiger partial charge in [0.25, 0.3) is 5.91 Å². The van der Waals surface area contributed by atoms with Crippen molar-refractivity contribution >= 4 is 33.4 Å². The van der Waals surface area contributed by atoms with Crippen molar-refractivity contribution in [1.29, 1.82) is 0 Å². The fourth-order valence-corrected chi connectivity index (χ4v) is 3.87. The van der Waals surface area contributed by atoms with Crippen LogP contribution in [0.4, 0.5) is 0 Å². The zero-order valence-corrected chi connectivity index (χ0v) is 17.3. The summed E-state index contributed by atoms with van der Waals surface area (Å²) in [5, 5.41) is 0. The third-order valence-corrected chi connectivity index (χ3v) is 5.13. The van der Waals surface area contributed by atoms with Crippen LogP contribution in [0.25, 0.3) is 10.2 Å². The van der Waals surface area contributed by atoms with E-state index in [0.29, 0.717) is 34.0 Å². The number of aromatic nitrogens is 1. The number of benzene rings is 2. The number of fused-ring (bicyclic) bond motifs is 1. The molecule has 3 aromatic rings. The molecular weight excluding hydrogens is 392 g/mol. The van der Waals surface area contributed by atoms with E-state index in [4.69, 9.17) is 14.2 Å². The molecule has 1 aromatic heterocycles. The predicted molar refractivity (Wildman–Crippen MR) is 111 cm³/mol. The Morgan fingerprint density at radius 3 is 2.48 bits per heavy atom. The Balaban J connectivity index is 2.11. The minimum atomic E-state index is -0.408. The summed E-state index contributed by atoms with van der Waals surface area (Å²) >= 11 is 1.32. The SMILES string of the molecule is CCOC(=O)Cn1c(=NC(=O)c2ccc(OC)cc2)sc2cccc(OCC)c21. The van der Waals surface area contributed by atoms with E-state index in [0.717, 1.165) is 4.70 Å². The highest BCUT2D eigenvalue weighted by Gasteiger charge is 2.16. The molecule has 7 nitrogen and oxygen atoms in total. The van der Waals surface area contributed by atoms with Gasteiger partial charge in [0.15, 0.2) is 4.80 Å². The normalized spacial score (nSPS) is 11.5. The lowest BCUT2D eigenvalue weighted by atomic mass is 10.2. The Labute approximate surface area is 172 Å². The molecular formula is C21H22N2O5S. The highest BCUT2D eigenvalue weighted by atomic mass is 32.1. The lowest BCUT2D eigenvalue weighted by Crippen LogP contribution is -2.23. The van der Waals surface area contributed by atoms with E-state index in [1.165, 1.54) is 11.3 Å². The fourth-order valence-electron chi connectivity index (χ4n) is 2.82. The second kappa shape index (κ2) is 9.38. The van der Waals surface area contributed by atoms with E-state index in [-0.39, 0.29) is 13.2 Å². The molecule has 0 saturated heterocycles. The molecule has 1 heterocycles. The number of esters is 1. The lowest BCUT2D eigenvalue weighted by molar-refractivity contribution is -0.143. The third kappa shape index (κ3) is 4.65. The summed E-state index contributed by atoms with van der Waals surface area (Å²) in [6.07, 6.45) is 0. The van der Waals surface area contributed by atoms with Crippen molar-refractivity contribution in [2.75, 3.05) is 20.3 Å². The molecule has 1 amide bonds. The first-order valence-corrected chi connectivity index (χ1v) is 10.0. The smallest absolute Gasteiger partial charge is 0.326 e. The van der Waals surface area contributed by atoms with Gasteiger partial charge in [-0.3, -0.25) is 9.59 Å². The van der Waals surface area contributed by atoms with E-state index in [2.05, 4.69) is 4.99 Å². The Hall–Kier alpha value is -3.13. The number of nitrogens with zero attached hydrogens (tertiary/aromatic N) is 2. The maximum absolute atomic E-state index is 12.7. The van der Waals surface area contributed by atoms with Gasteiger partial charge in [-0.2, -0.15) is 4.99 Å². The topological polar surface area (TPSA) is 79.1 Å². The van der Waals surface area contributed by atoms with Crippen LogP contribution in [0.15, 0.2) is 47.5 Å². The second-order valence-electron chi connectivity index (χ2n) is 5.96. The molecule has 0 saturated carbocycles. The zero-order chi connectivity index (χ0) is 20.8. The quantitative estimate of drug-likeness (QED) is 0.554. The number of rotatable bonds is 7. The predicted octanol–water partition coefficient (Wildman–Crippen LogP) is 3.41. The van der Waals surface area contributed by atoms with Crippen molar-refractivity contribution in [2.45, 2.75) is 20.4 Å². The molecule has 0 unspecified atom stereocenters. The minimum absolute atomic E-state index is 0.0628. The summed E-state index contributed by atoms with van der Waals surface area (Å²) in [7, 11) is 1.56. The minimum Gasteiger partial charge on any atom is -0.497 e. The van der Waals surface area contributed by atoms with E-state index in [9.17, 15) is 9.59 Å². The maximum atomic E-state index is 12.7. The van der Waals surface area contributed by atoms with Crippen LogP contribution in [0.3, 0.4) is 0 Å². The summed E-state index contributed by atoms with van der Waals surface area (Å²) in [6.45, 7) is 4.33. The molecule has 0 atom stereocenters. The molecule has 152 valence electrons. The molecule has 0 fully saturated rings. The zero-order valence-electron chi connectivity index (χ0n) is 16.5. The van der Waals surface area contributed by atoms with Crippen molar-refractivity contribution in [3.63, 3.8) is 0 Å². The molecule has 0 aliphatic heterocycles. The van der Waals surface area contributed by atoms with Crippen LogP contribution in [-0.2, 0) is 16.1 Å². The summed E-state index contributed by atoms with van der Waals surface area (Å²) in [6, 6.07) is 12.3. The standard InChI is InChI=1S/C21H22N2O5S/c1-4-27-16-7-6-8-17-19(16)23(13-18(24)28-5-2)21(29-17)22-20(25)14-9-11-15(26-3)12-10-14/h6-12H,4-5,13H2,1-3H3. The molecule has 0 aliphatic carbocycles. The van der Waals surface area contributed by atoms with Crippen LogP contribution in [0.1, 0.15) is 24.2 Å². The number of methoxy groups -OCH3 is 1. The summed E-state index contributed by atoms with van der Waals surface area (Å²) in [4.78, 5) is 29.6. The van der Waals surface area contributed by atoms with Gasteiger partial charge in [-0.05, 0) is 50.2 Å². The van der Waals surface area contributed by atoms with Gasteiger partial charge >= 0.3 is 5.97 Å². The van der Waals surface area contributed by atoms with Gasteiger partial charge in [0.1, 0.15) is 23.6 Å². The summed E-state index contributed by atoms with van der Waals surface area (Å²) < 4.78 is 18.5. The van der Waals surface area contributed by atoms with Crippen molar-refractivity contribution in [1.82, 2.24) is 4.57 Å². The summed E-state index contributed by atoms with van der Waals surface area (Å²) in [5.41, 5.74) is 1.14. The van der Waals surface area contributed by atoms with Gasteiger partial charge < -0.3 is 18.8 Å². The molecule has 0 radical (unpaired) electrons. The average molecular weight is 414 g/mol. The van der Waals surface area contributed by atoms with E-state index in [1.54, 1.807) is 42.9 Å². The van der Waals surface area contributed by atoms with Gasteiger partial charge in [-0.15, -0.1) is 0 Å². The number of hydrogen-bond acceptors (Lipinski definition) is 6. The number of para-hydroxylation sites is 1. The number of carbonyl (C=O) groups is 2. The number of amides is 1. The number of thiazole rings is 1. The van der Waals surface area contributed by atoms with Gasteiger partial charge in [0.05, 0.1) is 25.0 Å². The van der Waals surface area contributed by atoms with Crippen molar-refractivity contribution in [3.05, 3.63) is 52.8 Å². The molecule has 0 bridgehead atoms. The van der Waals surface area contributed by atoms with Crippen LogP contribution in [0.5, 0.6) is 11.5 Å². The van der Waals surface area contributed by atoms with Crippen LogP contribution in [0.2, 0.25) is 0 Å². The van der Waals surface area contributed by atoms with Gasteiger partial charge in [-0.1, -0.05) is 17.4 Å². The third-order valence-electron chi connectivity index (χ3n) is 4.09. The highest BCUT2D eigenvalue weighted by Crippen LogP contribution is 2.27. The van der Waals surface area contributed by atoms with Gasteiger partial charge in [-0.25, -0.2) is 0 Å². The monoisotopic (exact) mass is 414 g/mol. The average Bonchev–Trinajstić information content (AvgIpc) is 3.06. The molecule has 3 rings (SSSR count). The van der Waals surface area contributed by atoms with Crippen LogP contribution >= 0.6 is 11.3 Å². The van der Waals surface area contributed by atoms with Gasteiger partial charge in [0.2, 0.25) is 0 Å². The largest absolute Gasteiger partial charge is 0.497 e. The van der Waals surface area contributed by atoms with Crippen LogP contribution < -0.4 is 14.3 Å². The first kappa shape index (κ1) is 20.6. The molecule has 29 heavy (non-hydrogen) atoms. The fraction of sp³-hybridized carbons (Fsp3) is 0.286. The van der Waals surface area contributed by atoms with Crippen molar-refractivity contribution < 1.29 is 23.8 Å². The van der Waals surface area contributed by atoms with Crippen LogP contribution in [-0.4, -0.2) is 36.8 Å². The lowest BCUT2D eigenvalue weighted by Gasteiger charge is -2.09. The first-order chi connectivity index (χ1) is 14.1. The Kier molecular flexibility index (Phi) is 6.66. The molecule has 0 spiro atoms. The maximum Gasteiger partial charge on any atom is 0.326 e. The van der Waals surface area contributed by atoms with Crippen molar-refractivity contribution in [3.8, 4) is 11.5 Å². The molecule has 2 aromatic carbocycles. The second-order valence-corrected chi connectivity index (χ2v) is 6.97. The van der Waals surface area contributed by atoms with Crippen LogP contribution in [0, 0.1) is 0 Å². The summed E-state index contributed by atoms with van der Waals surface area (Å²) in [5.74, 6) is 0.470. The van der Waals surface area contributed by atoms with E-state index >= 15 is 0 Å². The Bertz CT molecular complexity index is 1080. The molecule has 8 heteroatoms. The Morgan fingerprint density at radius 2 is 1.83 bits per heavy atom. The number of ether oxygens (including phenoxy) is 3. The Morgan fingerprint density at radius 1 is 1.07 bits per heavy atom. The number of hydrogen-bond donors (Lipinski definition) is 0. The van der Waals surface area contributed by atoms with Gasteiger partial charge in [0, 0.05) is 5.56 Å². The highest BCUT2D eigenvalue weighted by molar-refractivity contribution is 7.16. The first-order valence-electron chi connectivity index (χ1n) is 9.21.